The summed E-state index contributed by atoms with van der Waals surface area (Å²) in [6.07, 6.45) is 1.60. The number of hydrogen-bond donors (Lipinski definition) is 1. The van der Waals surface area contributed by atoms with Crippen molar-refractivity contribution in [3.8, 4) is 0 Å². The largest absolute Gasteiger partial charge is 0.292 e. The van der Waals surface area contributed by atoms with Crippen molar-refractivity contribution in [2.75, 3.05) is 5.32 Å². The van der Waals surface area contributed by atoms with Gasteiger partial charge in [0, 0.05) is 0 Å². The van der Waals surface area contributed by atoms with Gasteiger partial charge in [-0.05, 0) is 26.3 Å². The van der Waals surface area contributed by atoms with E-state index in [0.29, 0.717) is 17.3 Å². The molecule has 0 saturated carbocycles. The Balaban J connectivity index is 1.62. The zero-order valence-electron chi connectivity index (χ0n) is 14.3. The molecule has 1 N–H and O–H groups in total. The number of carbonyl (C=O) groups excluding carboxylic acids is 1. The van der Waals surface area contributed by atoms with Crippen LogP contribution in [0.3, 0.4) is 0 Å². The van der Waals surface area contributed by atoms with Crippen molar-refractivity contribution >= 4 is 23.5 Å². The Morgan fingerprint density at radius 1 is 1.24 bits per heavy atom. The summed E-state index contributed by atoms with van der Waals surface area (Å²) < 4.78 is 3.25. The third-order valence-electron chi connectivity index (χ3n) is 3.80. The molecule has 2 aromatic heterocycles. The second kappa shape index (κ2) is 7.06. The molecule has 2 heterocycles. The molecular formula is C17H19ClN6O. The second-order valence-corrected chi connectivity index (χ2v) is 6.32. The highest BCUT2D eigenvalue weighted by atomic mass is 35.5. The number of carbonyl (C=O) groups is 1. The van der Waals surface area contributed by atoms with Gasteiger partial charge in [-0.3, -0.25) is 14.8 Å². The van der Waals surface area contributed by atoms with E-state index in [0.717, 1.165) is 11.3 Å². The first-order valence-electron chi connectivity index (χ1n) is 7.86. The first-order valence-corrected chi connectivity index (χ1v) is 8.24. The van der Waals surface area contributed by atoms with E-state index in [1.54, 1.807) is 22.6 Å². The summed E-state index contributed by atoms with van der Waals surface area (Å²) in [6, 6.07) is 8.16. The third kappa shape index (κ3) is 4.06. The lowest BCUT2D eigenvalue weighted by molar-refractivity contribution is -0.117. The quantitative estimate of drug-likeness (QED) is 0.760. The van der Waals surface area contributed by atoms with Gasteiger partial charge in [-0.15, -0.1) is 5.10 Å². The predicted octanol–water partition coefficient (Wildman–Crippen LogP) is 2.74. The summed E-state index contributed by atoms with van der Waals surface area (Å²) in [5, 5.41) is 11.8. The van der Waals surface area contributed by atoms with Crippen LogP contribution >= 0.6 is 11.6 Å². The van der Waals surface area contributed by atoms with Gasteiger partial charge in [0.2, 0.25) is 11.9 Å². The van der Waals surface area contributed by atoms with E-state index < -0.39 is 0 Å². The zero-order chi connectivity index (χ0) is 18.0. The minimum Gasteiger partial charge on any atom is -0.292 e. The summed E-state index contributed by atoms with van der Waals surface area (Å²) >= 11 is 6.09. The molecule has 7 nitrogen and oxygen atoms in total. The minimum absolute atomic E-state index is 0.0613. The van der Waals surface area contributed by atoms with Crippen molar-refractivity contribution in [2.45, 2.75) is 33.9 Å². The topological polar surface area (TPSA) is 77.6 Å². The van der Waals surface area contributed by atoms with Gasteiger partial charge in [0.15, 0.2) is 0 Å². The maximum absolute atomic E-state index is 12.2. The van der Waals surface area contributed by atoms with Crippen LogP contribution in [0.25, 0.3) is 0 Å². The van der Waals surface area contributed by atoms with Crippen LogP contribution in [0.1, 0.15) is 22.5 Å². The lowest BCUT2D eigenvalue weighted by atomic mass is 10.1. The van der Waals surface area contributed by atoms with Crippen LogP contribution in [0.5, 0.6) is 0 Å². The number of nitrogens with zero attached hydrogens (tertiary/aromatic N) is 5. The van der Waals surface area contributed by atoms with Gasteiger partial charge < -0.3 is 0 Å². The number of aromatic nitrogens is 5. The van der Waals surface area contributed by atoms with Gasteiger partial charge in [-0.2, -0.15) is 5.10 Å². The summed E-state index contributed by atoms with van der Waals surface area (Å²) in [5.74, 6) is 0.0147. The molecule has 1 amide bonds. The standard InChI is InChI=1S/C17H19ClN6O/c1-11-5-4-6-14(7-11)8-23-10-19-17(22-23)20-15(25)9-24-13(3)16(18)12(2)21-24/h4-7,10H,8-9H2,1-3H3,(H,20,22,25). The highest BCUT2D eigenvalue weighted by molar-refractivity contribution is 6.31. The molecule has 8 heteroatoms. The highest BCUT2D eigenvalue weighted by Gasteiger charge is 2.13. The molecule has 0 radical (unpaired) electrons. The number of amides is 1. The van der Waals surface area contributed by atoms with Gasteiger partial charge in [0.05, 0.1) is 23.0 Å². The molecule has 130 valence electrons. The number of rotatable bonds is 5. The molecule has 0 saturated heterocycles. The van der Waals surface area contributed by atoms with Crippen LogP contribution in [-0.2, 0) is 17.9 Å². The van der Waals surface area contributed by atoms with Crippen molar-refractivity contribution in [3.63, 3.8) is 0 Å². The first-order chi connectivity index (χ1) is 11.9. The number of nitrogens with one attached hydrogen (secondary N) is 1. The molecule has 0 bridgehead atoms. The van der Waals surface area contributed by atoms with Gasteiger partial charge in [0.1, 0.15) is 12.9 Å². The number of anilines is 1. The van der Waals surface area contributed by atoms with Gasteiger partial charge in [0.25, 0.3) is 0 Å². The summed E-state index contributed by atoms with van der Waals surface area (Å²) in [7, 11) is 0. The Labute approximate surface area is 150 Å². The van der Waals surface area contributed by atoms with Crippen molar-refractivity contribution in [1.82, 2.24) is 24.5 Å². The lowest BCUT2D eigenvalue weighted by Gasteiger charge is -2.04. The Morgan fingerprint density at radius 3 is 2.72 bits per heavy atom. The molecule has 1 aromatic carbocycles. The Bertz CT molecular complexity index is 914. The Morgan fingerprint density at radius 2 is 2.04 bits per heavy atom. The van der Waals surface area contributed by atoms with Crippen LogP contribution in [0.15, 0.2) is 30.6 Å². The van der Waals surface area contributed by atoms with E-state index in [1.165, 1.54) is 5.56 Å². The van der Waals surface area contributed by atoms with Crippen molar-refractivity contribution < 1.29 is 4.79 Å². The molecular weight excluding hydrogens is 340 g/mol. The molecule has 0 aliphatic rings. The number of halogens is 1. The van der Waals surface area contributed by atoms with Crippen LogP contribution in [-0.4, -0.2) is 30.5 Å². The average Bonchev–Trinajstić information content (AvgIpc) is 3.08. The predicted molar refractivity (Wildman–Crippen MR) is 95.6 cm³/mol. The fourth-order valence-corrected chi connectivity index (χ4v) is 2.69. The molecule has 25 heavy (non-hydrogen) atoms. The zero-order valence-corrected chi connectivity index (χ0v) is 15.1. The third-order valence-corrected chi connectivity index (χ3v) is 4.35. The Kier molecular flexibility index (Phi) is 4.85. The number of aryl methyl sites for hydroxylation is 2. The summed E-state index contributed by atoms with van der Waals surface area (Å²) in [5.41, 5.74) is 3.77. The summed E-state index contributed by atoms with van der Waals surface area (Å²) in [4.78, 5) is 16.3. The van der Waals surface area contributed by atoms with E-state index in [2.05, 4.69) is 26.6 Å². The van der Waals surface area contributed by atoms with Crippen LogP contribution < -0.4 is 5.32 Å². The monoisotopic (exact) mass is 358 g/mol. The van der Waals surface area contributed by atoms with E-state index in [1.807, 2.05) is 32.0 Å². The SMILES string of the molecule is Cc1cccc(Cn2cnc(NC(=O)Cn3nc(C)c(Cl)c3C)n2)c1. The van der Waals surface area contributed by atoms with E-state index in [9.17, 15) is 4.79 Å². The van der Waals surface area contributed by atoms with Crippen LogP contribution in [0.4, 0.5) is 5.95 Å². The minimum atomic E-state index is -0.254. The average molecular weight is 359 g/mol. The van der Waals surface area contributed by atoms with Crippen molar-refractivity contribution in [2.24, 2.45) is 0 Å². The van der Waals surface area contributed by atoms with E-state index >= 15 is 0 Å². The molecule has 0 unspecified atom stereocenters. The summed E-state index contributed by atoms with van der Waals surface area (Å²) in [6.45, 7) is 6.33. The van der Waals surface area contributed by atoms with Gasteiger partial charge in [-0.25, -0.2) is 9.67 Å². The van der Waals surface area contributed by atoms with Crippen molar-refractivity contribution in [3.05, 3.63) is 58.1 Å². The fourth-order valence-electron chi connectivity index (χ4n) is 2.55. The molecule has 3 rings (SSSR count). The normalized spacial score (nSPS) is 10.9. The molecule has 0 atom stereocenters. The van der Waals surface area contributed by atoms with Crippen LogP contribution in [0, 0.1) is 20.8 Å². The van der Waals surface area contributed by atoms with Gasteiger partial charge >= 0.3 is 0 Å². The number of hydrogen-bond acceptors (Lipinski definition) is 4. The lowest BCUT2D eigenvalue weighted by Crippen LogP contribution is -2.21. The second-order valence-electron chi connectivity index (χ2n) is 5.95. The van der Waals surface area contributed by atoms with Gasteiger partial charge in [-0.1, -0.05) is 41.4 Å². The van der Waals surface area contributed by atoms with Crippen molar-refractivity contribution in [1.29, 1.82) is 0 Å². The molecule has 0 aliphatic heterocycles. The number of benzene rings is 1. The molecule has 0 spiro atoms. The maximum Gasteiger partial charge on any atom is 0.248 e. The van der Waals surface area contributed by atoms with E-state index in [4.69, 9.17) is 11.6 Å². The Hall–Kier alpha value is -2.67. The maximum atomic E-state index is 12.2. The fraction of sp³-hybridized carbons (Fsp3) is 0.294. The highest BCUT2D eigenvalue weighted by Crippen LogP contribution is 2.18. The first kappa shape index (κ1) is 17.2. The molecule has 0 aliphatic carbocycles. The van der Waals surface area contributed by atoms with E-state index in [-0.39, 0.29) is 18.4 Å². The molecule has 3 aromatic rings. The van der Waals surface area contributed by atoms with Crippen LogP contribution in [0.2, 0.25) is 5.02 Å². The smallest absolute Gasteiger partial charge is 0.248 e. The molecule has 0 fully saturated rings.